The summed E-state index contributed by atoms with van der Waals surface area (Å²) in [5, 5.41) is 3.47. The highest BCUT2D eigenvalue weighted by atomic mass is 16.5. The van der Waals surface area contributed by atoms with Gasteiger partial charge in [-0.1, -0.05) is 24.3 Å². The third-order valence-electron chi connectivity index (χ3n) is 4.52. The normalized spacial score (nSPS) is 16.2. The Kier molecular flexibility index (Phi) is 5.79. The number of rotatable bonds is 7. The van der Waals surface area contributed by atoms with E-state index >= 15 is 0 Å². The van der Waals surface area contributed by atoms with Crippen LogP contribution in [0.25, 0.3) is 0 Å². The summed E-state index contributed by atoms with van der Waals surface area (Å²) in [6, 6.07) is 12.3. The summed E-state index contributed by atoms with van der Waals surface area (Å²) in [5.74, 6) is 2.13. The number of benzene rings is 2. The average molecular weight is 343 g/mol. The zero-order valence-electron chi connectivity index (χ0n) is 15.0. The summed E-state index contributed by atoms with van der Waals surface area (Å²) in [7, 11) is 4.91. The first-order chi connectivity index (χ1) is 12.3. The van der Waals surface area contributed by atoms with E-state index in [1.165, 1.54) is 11.1 Å². The molecule has 3 rings (SSSR count). The quantitative estimate of drug-likeness (QED) is 0.837. The summed E-state index contributed by atoms with van der Waals surface area (Å²) in [5.41, 5.74) is 3.68. The van der Waals surface area contributed by atoms with Crippen LogP contribution in [-0.2, 0) is 17.7 Å². The van der Waals surface area contributed by atoms with Gasteiger partial charge in [-0.2, -0.15) is 0 Å². The van der Waals surface area contributed by atoms with Gasteiger partial charge in [0.1, 0.15) is 5.75 Å². The molecule has 0 aliphatic carbocycles. The Labute approximate surface area is 148 Å². The van der Waals surface area contributed by atoms with Gasteiger partial charge in [0.25, 0.3) is 0 Å². The maximum Gasteiger partial charge on any atom is 0.164 e. The van der Waals surface area contributed by atoms with E-state index in [-0.39, 0.29) is 6.10 Å². The van der Waals surface area contributed by atoms with Crippen LogP contribution in [0.15, 0.2) is 36.4 Å². The highest BCUT2D eigenvalue weighted by molar-refractivity contribution is 5.50. The van der Waals surface area contributed by atoms with Crippen molar-refractivity contribution in [2.45, 2.75) is 19.1 Å². The molecule has 25 heavy (non-hydrogen) atoms. The highest BCUT2D eigenvalue weighted by Crippen LogP contribution is 2.34. The molecule has 1 atom stereocenters. The molecule has 0 amide bonds. The molecule has 1 heterocycles. The van der Waals surface area contributed by atoms with Crippen molar-refractivity contribution in [2.75, 3.05) is 34.5 Å². The number of hydrogen-bond donors (Lipinski definition) is 1. The van der Waals surface area contributed by atoms with Gasteiger partial charge in [0.15, 0.2) is 11.5 Å². The van der Waals surface area contributed by atoms with E-state index in [1.54, 1.807) is 21.3 Å². The van der Waals surface area contributed by atoms with Gasteiger partial charge in [-0.3, -0.25) is 0 Å². The van der Waals surface area contributed by atoms with Crippen molar-refractivity contribution in [1.82, 2.24) is 5.32 Å². The highest BCUT2D eigenvalue weighted by Gasteiger charge is 2.20. The molecule has 0 fully saturated rings. The van der Waals surface area contributed by atoms with E-state index < -0.39 is 0 Å². The van der Waals surface area contributed by atoms with E-state index in [9.17, 15) is 0 Å². The number of hydrogen-bond acceptors (Lipinski definition) is 5. The monoisotopic (exact) mass is 343 g/mol. The standard InChI is InChI=1S/C20H25NO4/c1-22-17-11-19(24-3)18(23-2)10-15(17)12-21-13-20-16-7-5-4-6-14(16)8-9-25-20/h4-7,10-11,20-21H,8-9,12-13H2,1-3H3. The van der Waals surface area contributed by atoms with E-state index in [0.29, 0.717) is 18.0 Å². The van der Waals surface area contributed by atoms with E-state index in [0.717, 1.165) is 30.9 Å². The van der Waals surface area contributed by atoms with Gasteiger partial charge in [0.05, 0.1) is 34.0 Å². The van der Waals surface area contributed by atoms with Gasteiger partial charge >= 0.3 is 0 Å². The van der Waals surface area contributed by atoms with Gasteiger partial charge in [-0.25, -0.2) is 0 Å². The van der Waals surface area contributed by atoms with Crippen LogP contribution in [0.5, 0.6) is 17.2 Å². The van der Waals surface area contributed by atoms with Crippen molar-refractivity contribution in [3.63, 3.8) is 0 Å². The first-order valence-corrected chi connectivity index (χ1v) is 8.45. The molecule has 0 saturated heterocycles. The van der Waals surface area contributed by atoms with Gasteiger partial charge < -0.3 is 24.3 Å². The molecule has 134 valence electrons. The lowest BCUT2D eigenvalue weighted by molar-refractivity contribution is 0.0423. The fraction of sp³-hybridized carbons (Fsp3) is 0.400. The fourth-order valence-electron chi connectivity index (χ4n) is 3.21. The summed E-state index contributed by atoms with van der Waals surface area (Å²) >= 11 is 0. The second-order valence-corrected chi connectivity index (χ2v) is 5.96. The molecule has 5 nitrogen and oxygen atoms in total. The molecule has 1 unspecified atom stereocenters. The number of fused-ring (bicyclic) bond motifs is 1. The Balaban J connectivity index is 1.68. The molecule has 0 bridgehead atoms. The van der Waals surface area contributed by atoms with Crippen molar-refractivity contribution in [3.05, 3.63) is 53.1 Å². The van der Waals surface area contributed by atoms with Crippen molar-refractivity contribution in [2.24, 2.45) is 0 Å². The first-order valence-electron chi connectivity index (χ1n) is 8.45. The minimum absolute atomic E-state index is 0.0797. The van der Waals surface area contributed by atoms with Crippen molar-refractivity contribution >= 4 is 0 Å². The Morgan fingerprint density at radius 1 is 1.00 bits per heavy atom. The molecule has 0 radical (unpaired) electrons. The summed E-state index contributed by atoms with van der Waals surface area (Å²) in [6.45, 7) is 2.17. The maximum atomic E-state index is 5.94. The molecule has 1 N–H and O–H groups in total. The van der Waals surface area contributed by atoms with Crippen LogP contribution in [-0.4, -0.2) is 34.5 Å². The van der Waals surface area contributed by atoms with E-state index in [2.05, 4.69) is 29.6 Å². The van der Waals surface area contributed by atoms with Gasteiger partial charge in [-0.05, 0) is 23.6 Å². The molecular formula is C20H25NO4. The lowest BCUT2D eigenvalue weighted by Crippen LogP contribution is -2.27. The Morgan fingerprint density at radius 2 is 1.72 bits per heavy atom. The summed E-state index contributed by atoms with van der Waals surface area (Å²) < 4.78 is 22.1. The lowest BCUT2D eigenvalue weighted by Gasteiger charge is -2.26. The maximum absolute atomic E-state index is 5.94. The predicted molar refractivity (Wildman–Crippen MR) is 96.6 cm³/mol. The topological polar surface area (TPSA) is 49.0 Å². The number of methoxy groups -OCH3 is 3. The third kappa shape index (κ3) is 3.89. The summed E-state index contributed by atoms with van der Waals surface area (Å²) in [4.78, 5) is 0. The Morgan fingerprint density at radius 3 is 2.48 bits per heavy atom. The van der Waals surface area contributed by atoms with Crippen LogP contribution < -0.4 is 19.5 Å². The molecule has 1 aliphatic heterocycles. The number of ether oxygens (including phenoxy) is 4. The molecule has 2 aromatic rings. The molecule has 1 aliphatic rings. The molecule has 5 heteroatoms. The molecule has 0 spiro atoms. The Bertz CT molecular complexity index is 717. The smallest absolute Gasteiger partial charge is 0.164 e. The number of nitrogens with one attached hydrogen (secondary N) is 1. The minimum Gasteiger partial charge on any atom is -0.496 e. The molecule has 0 aromatic heterocycles. The zero-order chi connectivity index (χ0) is 17.6. The van der Waals surface area contributed by atoms with Crippen LogP contribution >= 0.6 is 0 Å². The van der Waals surface area contributed by atoms with Crippen LogP contribution in [0.3, 0.4) is 0 Å². The second kappa shape index (κ2) is 8.23. The largest absolute Gasteiger partial charge is 0.496 e. The SMILES string of the molecule is COc1cc(OC)c(OC)cc1CNCC1OCCc2ccccc21. The third-order valence-corrected chi connectivity index (χ3v) is 4.52. The van der Waals surface area contributed by atoms with Gasteiger partial charge in [-0.15, -0.1) is 0 Å². The fourth-order valence-corrected chi connectivity index (χ4v) is 3.21. The van der Waals surface area contributed by atoms with Crippen molar-refractivity contribution in [3.8, 4) is 17.2 Å². The lowest BCUT2D eigenvalue weighted by atomic mass is 9.97. The van der Waals surface area contributed by atoms with Crippen LogP contribution in [0.1, 0.15) is 22.8 Å². The summed E-state index contributed by atoms with van der Waals surface area (Å²) in [6.07, 6.45) is 1.06. The van der Waals surface area contributed by atoms with E-state index in [1.807, 2.05) is 12.1 Å². The first kappa shape index (κ1) is 17.6. The second-order valence-electron chi connectivity index (χ2n) is 5.96. The van der Waals surface area contributed by atoms with Crippen LogP contribution in [0.4, 0.5) is 0 Å². The molecular weight excluding hydrogens is 318 g/mol. The minimum atomic E-state index is 0.0797. The molecule has 2 aromatic carbocycles. The Hall–Kier alpha value is -2.24. The predicted octanol–water partition coefficient (Wildman–Crippen LogP) is 3.12. The molecule has 0 saturated carbocycles. The van der Waals surface area contributed by atoms with E-state index in [4.69, 9.17) is 18.9 Å². The van der Waals surface area contributed by atoms with Crippen molar-refractivity contribution in [1.29, 1.82) is 0 Å². The van der Waals surface area contributed by atoms with Crippen molar-refractivity contribution < 1.29 is 18.9 Å². The zero-order valence-corrected chi connectivity index (χ0v) is 15.0. The van der Waals surface area contributed by atoms with Crippen LogP contribution in [0, 0.1) is 0 Å². The van der Waals surface area contributed by atoms with Gasteiger partial charge in [0.2, 0.25) is 0 Å². The average Bonchev–Trinajstić information content (AvgIpc) is 2.67. The van der Waals surface area contributed by atoms with Gasteiger partial charge in [0, 0.05) is 24.7 Å². The van der Waals surface area contributed by atoms with Crippen LogP contribution in [0.2, 0.25) is 0 Å².